The normalized spacial score (nSPS) is 24.8. The van der Waals surface area contributed by atoms with Crippen molar-refractivity contribution in [1.29, 1.82) is 0 Å². The van der Waals surface area contributed by atoms with E-state index in [1.165, 1.54) is 12.2 Å². The number of para-hydroxylation sites is 1. The molecule has 1 saturated carbocycles. The predicted molar refractivity (Wildman–Crippen MR) is 79.1 cm³/mol. The van der Waals surface area contributed by atoms with Crippen LogP contribution in [0.2, 0.25) is 0 Å². The summed E-state index contributed by atoms with van der Waals surface area (Å²) >= 11 is 1.97. The van der Waals surface area contributed by atoms with Crippen LogP contribution in [0.3, 0.4) is 0 Å². The summed E-state index contributed by atoms with van der Waals surface area (Å²) in [6, 6.07) is 6.08. The largest absolute Gasteiger partial charge is 0.493 e. The van der Waals surface area contributed by atoms with Gasteiger partial charge in [0.05, 0.1) is 7.11 Å². The molecule has 1 aliphatic carbocycles. The Morgan fingerprint density at radius 2 is 2.21 bits per heavy atom. The average Bonchev–Trinajstić information content (AvgIpc) is 3.19. The van der Waals surface area contributed by atoms with Crippen molar-refractivity contribution in [2.75, 3.05) is 18.6 Å². The fourth-order valence-electron chi connectivity index (χ4n) is 2.60. The van der Waals surface area contributed by atoms with Crippen LogP contribution in [0, 0.1) is 0 Å². The summed E-state index contributed by atoms with van der Waals surface area (Å²) in [7, 11) is 1.70. The molecular formula is C15H21NO2S. The summed E-state index contributed by atoms with van der Waals surface area (Å²) in [6.07, 6.45) is 4.74. The molecule has 4 heteroatoms. The van der Waals surface area contributed by atoms with E-state index in [1.54, 1.807) is 7.11 Å². The first-order valence-corrected chi connectivity index (χ1v) is 8.09. The molecule has 1 aliphatic heterocycles. The number of hydrogen-bond donors (Lipinski definition) is 1. The summed E-state index contributed by atoms with van der Waals surface area (Å²) in [6.45, 7) is 0. The van der Waals surface area contributed by atoms with Crippen molar-refractivity contribution in [3.8, 4) is 11.5 Å². The van der Waals surface area contributed by atoms with Crippen molar-refractivity contribution >= 4 is 11.8 Å². The molecular weight excluding hydrogens is 258 g/mol. The fourth-order valence-corrected chi connectivity index (χ4v) is 3.63. The summed E-state index contributed by atoms with van der Waals surface area (Å²) in [5, 5.41) is 0. The lowest BCUT2D eigenvalue weighted by molar-refractivity contribution is 0.201. The number of benzene rings is 1. The molecule has 1 unspecified atom stereocenters. The second kappa shape index (κ2) is 5.25. The molecule has 0 bridgehead atoms. The zero-order valence-electron chi connectivity index (χ0n) is 11.4. The molecule has 0 radical (unpaired) electrons. The summed E-state index contributed by atoms with van der Waals surface area (Å²) in [5.74, 6) is 4.01. The van der Waals surface area contributed by atoms with Gasteiger partial charge in [0, 0.05) is 16.9 Å². The van der Waals surface area contributed by atoms with Gasteiger partial charge in [-0.05, 0) is 37.5 Å². The molecule has 19 heavy (non-hydrogen) atoms. The minimum Gasteiger partial charge on any atom is -0.493 e. The standard InChI is InChI=1S/C15H21NO2S/c1-17-14-12(15(16)7-8-15)5-2-6-13(14)18-11-4-3-9-19-10-11/h2,5-6,11H,3-4,7-10,16H2,1H3. The van der Waals surface area contributed by atoms with E-state index in [4.69, 9.17) is 15.2 Å². The highest BCUT2D eigenvalue weighted by Crippen LogP contribution is 2.49. The van der Waals surface area contributed by atoms with Crippen molar-refractivity contribution in [1.82, 2.24) is 0 Å². The molecule has 104 valence electrons. The van der Waals surface area contributed by atoms with Crippen LogP contribution >= 0.6 is 11.8 Å². The fraction of sp³-hybridized carbons (Fsp3) is 0.600. The second-order valence-corrected chi connectivity index (χ2v) is 6.60. The number of thioether (sulfide) groups is 1. The molecule has 2 fully saturated rings. The van der Waals surface area contributed by atoms with E-state index in [9.17, 15) is 0 Å². The Kier molecular flexibility index (Phi) is 3.63. The molecule has 1 saturated heterocycles. The molecule has 3 rings (SSSR count). The van der Waals surface area contributed by atoms with E-state index in [2.05, 4.69) is 6.07 Å². The van der Waals surface area contributed by atoms with Gasteiger partial charge in [0.25, 0.3) is 0 Å². The number of methoxy groups -OCH3 is 1. The molecule has 1 aromatic carbocycles. The Labute approximate surface area is 118 Å². The topological polar surface area (TPSA) is 44.5 Å². The van der Waals surface area contributed by atoms with Gasteiger partial charge in [-0.25, -0.2) is 0 Å². The lowest BCUT2D eigenvalue weighted by Gasteiger charge is -2.25. The predicted octanol–water partition coefficient (Wildman–Crippen LogP) is 2.92. The maximum atomic E-state index is 6.31. The highest BCUT2D eigenvalue weighted by atomic mass is 32.2. The van der Waals surface area contributed by atoms with Crippen LogP contribution in [-0.4, -0.2) is 24.7 Å². The SMILES string of the molecule is COc1c(OC2CCCSC2)cccc1C1(N)CC1. The van der Waals surface area contributed by atoms with Crippen LogP contribution in [0.4, 0.5) is 0 Å². The molecule has 1 heterocycles. The molecule has 3 nitrogen and oxygen atoms in total. The Morgan fingerprint density at radius 1 is 1.37 bits per heavy atom. The zero-order chi connectivity index (χ0) is 13.3. The third-order valence-electron chi connectivity index (χ3n) is 3.92. The monoisotopic (exact) mass is 279 g/mol. The number of ether oxygens (including phenoxy) is 2. The third-order valence-corrected chi connectivity index (χ3v) is 5.11. The third kappa shape index (κ3) is 2.70. The zero-order valence-corrected chi connectivity index (χ0v) is 12.2. The maximum absolute atomic E-state index is 6.31. The van der Waals surface area contributed by atoms with Crippen LogP contribution < -0.4 is 15.2 Å². The minimum absolute atomic E-state index is 0.188. The number of rotatable bonds is 4. The second-order valence-electron chi connectivity index (χ2n) is 5.45. The van der Waals surface area contributed by atoms with Gasteiger partial charge < -0.3 is 15.2 Å². The van der Waals surface area contributed by atoms with Crippen LogP contribution in [0.5, 0.6) is 11.5 Å². The molecule has 0 amide bonds. The van der Waals surface area contributed by atoms with Crippen molar-refractivity contribution in [2.24, 2.45) is 5.73 Å². The molecule has 0 aromatic heterocycles. The molecule has 1 atom stereocenters. The molecule has 2 aliphatic rings. The van der Waals surface area contributed by atoms with Gasteiger partial charge in [-0.1, -0.05) is 12.1 Å². The Balaban J connectivity index is 1.83. The maximum Gasteiger partial charge on any atom is 0.165 e. The van der Waals surface area contributed by atoms with Crippen molar-refractivity contribution in [3.05, 3.63) is 23.8 Å². The van der Waals surface area contributed by atoms with Gasteiger partial charge in [-0.3, -0.25) is 0 Å². The van der Waals surface area contributed by atoms with Crippen LogP contribution in [0.15, 0.2) is 18.2 Å². The van der Waals surface area contributed by atoms with Gasteiger partial charge in [0.1, 0.15) is 6.10 Å². The minimum atomic E-state index is -0.188. The van der Waals surface area contributed by atoms with Gasteiger partial charge in [-0.15, -0.1) is 0 Å². The molecule has 2 N–H and O–H groups in total. The first-order valence-electron chi connectivity index (χ1n) is 6.94. The highest BCUT2D eigenvalue weighted by molar-refractivity contribution is 7.99. The van der Waals surface area contributed by atoms with Crippen molar-refractivity contribution < 1.29 is 9.47 Å². The van der Waals surface area contributed by atoms with Crippen LogP contribution in [0.25, 0.3) is 0 Å². The Bertz CT molecular complexity index is 453. The van der Waals surface area contributed by atoms with E-state index in [0.29, 0.717) is 6.10 Å². The van der Waals surface area contributed by atoms with E-state index in [0.717, 1.165) is 42.1 Å². The first-order chi connectivity index (χ1) is 9.23. The first kappa shape index (κ1) is 13.1. The number of hydrogen-bond acceptors (Lipinski definition) is 4. The average molecular weight is 279 g/mol. The van der Waals surface area contributed by atoms with Crippen molar-refractivity contribution in [2.45, 2.75) is 37.3 Å². The van der Waals surface area contributed by atoms with Gasteiger partial charge in [0.15, 0.2) is 11.5 Å². The summed E-state index contributed by atoms with van der Waals surface area (Å²) in [5.41, 5.74) is 7.21. The van der Waals surface area contributed by atoms with Gasteiger partial charge in [0.2, 0.25) is 0 Å². The van der Waals surface area contributed by atoms with Crippen molar-refractivity contribution in [3.63, 3.8) is 0 Å². The Morgan fingerprint density at radius 3 is 2.84 bits per heavy atom. The lowest BCUT2D eigenvalue weighted by atomic mass is 10.0. The summed E-state index contributed by atoms with van der Waals surface area (Å²) in [4.78, 5) is 0. The molecule has 0 spiro atoms. The van der Waals surface area contributed by atoms with E-state index >= 15 is 0 Å². The highest BCUT2D eigenvalue weighted by Gasteiger charge is 2.43. The van der Waals surface area contributed by atoms with Gasteiger partial charge in [-0.2, -0.15) is 11.8 Å². The van der Waals surface area contributed by atoms with E-state index in [-0.39, 0.29) is 5.54 Å². The van der Waals surface area contributed by atoms with Crippen LogP contribution in [-0.2, 0) is 5.54 Å². The molecule has 1 aromatic rings. The van der Waals surface area contributed by atoms with E-state index < -0.39 is 0 Å². The Hall–Kier alpha value is -0.870. The number of nitrogens with two attached hydrogens (primary N) is 1. The van der Waals surface area contributed by atoms with Gasteiger partial charge >= 0.3 is 0 Å². The van der Waals surface area contributed by atoms with E-state index in [1.807, 2.05) is 23.9 Å². The lowest BCUT2D eigenvalue weighted by Crippen LogP contribution is -2.24. The smallest absolute Gasteiger partial charge is 0.165 e. The van der Waals surface area contributed by atoms with Crippen LogP contribution in [0.1, 0.15) is 31.2 Å². The summed E-state index contributed by atoms with van der Waals surface area (Å²) < 4.78 is 11.7. The quantitative estimate of drug-likeness (QED) is 0.920.